The number of nitrogens with one attached hydrogen (secondary N) is 2. The van der Waals surface area contributed by atoms with Crippen LogP contribution >= 0.6 is 11.3 Å². The predicted octanol–water partition coefficient (Wildman–Crippen LogP) is 2.47. The minimum atomic E-state index is -3.33. The van der Waals surface area contributed by atoms with Gasteiger partial charge in [-0.3, -0.25) is 15.5 Å². The number of hydrogen-bond acceptors (Lipinski definition) is 6. The fourth-order valence-electron chi connectivity index (χ4n) is 2.12. The van der Waals surface area contributed by atoms with Gasteiger partial charge in [-0.05, 0) is 30.9 Å². The molecule has 2 N–H and O–H groups in total. The highest BCUT2D eigenvalue weighted by atomic mass is 32.2. The van der Waals surface area contributed by atoms with Crippen LogP contribution in [0.1, 0.15) is 18.4 Å². The summed E-state index contributed by atoms with van der Waals surface area (Å²) in [6.07, 6.45) is 2.86. The number of sulfone groups is 1. The van der Waals surface area contributed by atoms with Crippen LogP contribution in [0.4, 0.5) is 9.52 Å². The Labute approximate surface area is 142 Å². The smallest absolute Gasteiger partial charge is 0.275 e. The van der Waals surface area contributed by atoms with Crippen molar-refractivity contribution in [2.75, 3.05) is 11.1 Å². The fourth-order valence-corrected chi connectivity index (χ4v) is 4.36. The highest BCUT2D eigenvalue weighted by Crippen LogP contribution is 2.32. The van der Waals surface area contributed by atoms with Crippen LogP contribution in [-0.2, 0) is 14.6 Å². The third-order valence-electron chi connectivity index (χ3n) is 3.58. The Morgan fingerprint density at radius 3 is 2.54 bits per heavy atom. The van der Waals surface area contributed by atoms with Crippen molar-refractivity contribution in [2.45, 2.75) is 17.7 Å². The summed E-state index contributed by atoms with van der Waals surface area (Å²) < 4.78 is 37.2. The number of carbonyl (C=O) groups is 1. The van der Waals surface area contributed by atoms with E-state index in [4.69, 9.17) is 5.41 Å². The second kappa shape index (κ2) is 6.40. The second-order valence-corrected chi connectivity index (χ2v) is 8.56. The molecule has 0 radical (unpaired) electrons. The summed E-state index contributed by atoms with van der Waals surface area (Å²) in [5, 5.41) is 9.71. The topological polar surface area (TPSA) is 100.0 Å². The lowest BCUT2D eigenvalue weighted by Crippen LogP contribution is -2.22. The van der Waals surface area contributed by atoms with Gasteiger partial charge in [0.05, 0.1) is 16.8 Å². The number of aromatic nitrogens is 1. The summed E-state index contributed by atoms with van der Waals surface area (Å²) in [5.74, 6) is -0.352. The molecule has 1 aliphatic carbocycles. The lowest BCUT2D eigenvalue weighted by Gasteiger charge is -2.06. The van der Waals surface area contributed by atoms with Gasteiger partial charge in [0, 0.05) is 5.56 Å². The number of benzene rings is 1. The lowest BCUT2D eigenvalue weighted by atomic mass is 10.1. The van der Waals surface area contributed by atoms with E-state index >= 15 is 0 Å². The molecule has 1 aromatic carbocycles. The summed E-state index contributed by atoms with van der Waals surface area (Å²) >= 11 is 0.660. The zero-order chi connectivity index (χ0) is 17.3. The maximum atomic E-state index is 12.8. The first-order valence-electron chi connectivity index (χ1n) is 7.19. The lowest BCUT2D eigenvalue weighted by molar-refractivity contribution is -0.110. The molecule has 1 heterocycles. The average molecular weight is 367 g/mol. The molecule has 0 bridgehead atoms. The summed E-state index contributed by atoms with van der Waals surface area (Å²) in [7, 11) is -3.33. The van der Waals surface area contributed by atoms with Crippen molar-refractivity contribution in [1.29, 1.82) is 5.41 Å². The molecule has 1 aliphatic rings. The Balaban J connectivity index is 1.70. The van der Waals surface area contributed by atoms with Crippen LogP contribution in [0.25, 0.3) is 0 Å². The van der Waals surface area contributed by atoms with E-state index in [1.54, 1.807) is 0 Å². The SMILES string of the molecule is N=C(C(=O)Nc1ncc(F)s1)c1ccc(S(=O)(=O)CC2CC2)cc1. The molecule has 0 unspecified atom stereocenters. The summed E-state index contributed by atoms with van der Waals surface area (Å²) in [5.41, 5.74) is -0.0772. The quantitative estimate of drug-likeness (QED) is 0.766. The van der Waals surface area contributed by atoms with Crippen molar-refractivity contribution in [3.05, 3.63) is 41.2 Å². The van der Waals surface area contributed by atoms with E-state index in [-0.39, 0.29) is 33.0 Å². The normalized spacial score (nSPS) is 14.4. The number of carbonyl (C=O) groups excluding carboxylic acids is 1. The molecule has 0 aliphatic heterocycles. The van der Waals surface area contributed by atoms with Crippen molar-refractivity contribution in [2.24, 2.45) is 5.92 Å². The van der Waals surface area contributed by atoms with Gasteiger partial charge in [-0.15, -0.1) is 0 Å². The van der Waals surface area contributed by atoms with Crippen LogP contribution in [0, 0.1) is 16.5 Å². The maximum absolute atomic E-state index is 12.8. The number of amides is 1. The summed E-state index contributed by atoms with van der Waals surface area (Å²) in [6, 6.07) is 5.64. The molecule has 1 aromatic heterocycles. The Kier molecular flexibility index (Phi) is 4.46. The van der Waals surface area contributed by atoms with E-state index in [9.17, 15) is 17.6 Å². The zero-order valence-electron chi connectivity index (χ0n) is 12.5. The molecule has 0 atom stereocenters. The zero-order valence-corrected chi connectivity index (χ0v) is 14.1. The van der Waals surface area contributed by atoms with Gasteiger partial charge in [-0.1, -0.05) is 23.5 Å². The molecular weight excluding hydrogens is 353 g/mol. The van der Waals surface area contributed by atoms with Gasteiger partial charge in [0.2, 0.25) is 0 Å². The van der Waals surface area contributed by atoms with Crippen LogP contribution < -0.4 is 5.32 Å². The van der Waals surface area contributed by atoms with Gasteiger partial charge in [-0.25, -0.2) is 13.4 Å². The molecule has 2 aromatic rings. The molecule has 24 heavy (non-hydrogen) atoms. The van der Waals surface area contributed by atoms with Crippen molar-refractivity contribution < 1.29 is 17.6 Å². The van der Waals surface area contributed by atoms with E-state index < -0.39 is 20.9 Å². The monoisotopic (exact) mass is 367 g/mol. The van der Waals surface area contributed by atoms with E-state index in [1.807, 2.05) is 0 Å². The molecule has 9 heteroatoms. The van der Waals surface area contributed by atoms with E-state index in [1.165, 1.54) is 24.3 Å². The van der Waals surface area contributed by atoms with Gasteiger partial charge in [-0.2, -0.15) is 4.39 Å². The Hall–Kier alpha value is -2.13. The van der Waals surface area contributed by atoms with Crippen LogP contribution in [0.2, 0.25) is 0 Å². The molecule has 1 fully saturated rings. The van der Waals surface area contributed by atoms with E-state index in [2.05, 4.69) is 10.3 Å². The summed E-state index contributed by atoms with van der Waals surface area (Å²) in [4.78, 5) is 15.8. The predicted molar refractivity (Wildman–Crippen MR) is 88.7 cm³/mol. The number of nitrogens with zero attached hydrogens (tertiary/aromatic N) is 1. The number of rotatable bonds is 6. The molecule has 126 valence electrons. The van der Waals surface area contributed by atoms with Crippen LogP contribution in [0.5, 0.6) is 0 Å². The average Bonchev–Trinajstić information content (AvgIpc) is 3.26. The number of thiazole rings is 1. The van der Waals surface area contributed by atoms with Crippen molar-refractivity contribution in [3.63, 3.8) is 0 Å². The highest BCUT2D eigenvalue weighted by molar-refractivity contribution is 7.91. The number of anilines is 1. The van der Waals surface area contributed by atoms with Crippen molar-refractivity contribution in [1.82, 2.24) is 4.98 Å². The minimum absolute atomic E-state index is 0.0610. The van der Waals surface area contributed by atoms with Crippen LogP contribution in [-0.4, -0.2) is 30.8 Å². The van der Waals surface area contributed by atoms with E-state index in [0.29, 0.717) is 11.3 Å². The van der Waals surface area contributed by atoms with Gasteiger partial charge >= 0.3 is 0 Å². The second-order valence-electron chi connectivity index (χ2n) is 5.55. The standard InChI is InChI=1S/C15H14FN3O3S2/c16-12-7-18-15(23-12)19-14(20)13(17)10-3-5-11(6-4-10)24(21,22)8-9-1-2-9/h3-7,9,17H,1-2,8H2,(H,18,19,20). The Morgan fingerprint density at radius 2 is 2.00 bits per heavy atom. The van der Waals surface area contributed by atoms with Crippen LogP contribution in [0.15, 0.2) is 35.4 Å². The van der Waals surface area contributed by atoms with Crippen LogP contribution in [0.3, 0.4) is 0 Å². The largest absolute Gasteiger partial charge is 0.296 e. The highest BCUT2D eigenvalue weighted by Gasteiger charge is 2.29. The molecule has 1 saturated carbocycles. The molecular formula is C15H14FN3O3S2. The number of halogens is 1. The summed E-state index contributed by atoms with van der Waals surface area (Å²) in [6.45, 7) is 0. The van der Waals surface area contributed by atoms with Crippen molar-refractivity contribution in [3.8, 4) is 0 Å². The molecule has 3 rings (SSSR count). The third kappa shape index (κ3) is 3.85. The molecule has 6 nitrogen and oxygen atoms in total. The first-order valence-corrected chi connectivity index (χ1v) is 9.66. The maximum Gasteiger partial charge on any atom is 0.275 e. The molecule has 0 spiro atoms. The van der Waals surface area contributed by atoms with Gasteiger partial charge in [0.15, 0.2) is 20.1 Å². The van der Waals surface area contributed by atoms with Gasteiger partial charge < -0.3 is 0 Å². The van der Waals surface area contributed by atoms with Gasteiger partial charge in [0.1, 0.15) is 5.71 Å². The Morgan fingerprint density at radius 1 is 1.33 bits per heavy atom. The number of hydrogen-bond donors (Lipinski definition) is 2. The first-order chi connectivity index (χ1) is 11.3. The van der Waals surface area contributed by atoms with Gasteiger partial charge in [0.25, 0.3) is 5.91 Å². The first kappa shape index (κ1) is 16.7. The van der Waals surface area contributed by atoms with E-state index in [0.717, 1.165) is 19.0 Å². The molecule has 1 amide bonds. The third-order valence-corrected chi connectivity index (χ3v) is 6.18. The van der Waals surface area contributed by atoms with Crippen molar-refractivity contribution >= 4 is 37.9 Å². The molecule has 0 saturated heterocycles. The Bertz CT molecular complexity index is 887. The fraction of sp³-hybridized carbons (Fsp3) is 0.267. The minimum Gasteiger partial charge on any atom is -0.296 e.